The summed E-state index contributed by atoms with van der Waals surface area (Å²) in [6.07, 6.45) is 15.0. The van der Waals surface area contributed by atoms with Crippen LogP contribution in [0.5, 0.6) is 0 Å². The number of carbonyl (C=O) groups excluding carboxylic acids is 1. The molecule has 0 saturated heterocycles. The summed E-state index contributed by atoms with van der Waals surface area (Å²) in [5.74, 6) is 1.56. The molecule has 21 heavy (non-hydrogen) atoms. The Bertz CT molecular complexity index is 196. The molecule has 0 spiro atoms. The molecule has 1 nitrogen and oxygen atoms in total. The van der Waals surface area contributed by atoms with Gasteiger partial charge in [-0.05, 0) is 12.3 Å². The summed E-state index contributed by atoms with van der Waals surface area (Å²) < 4.78 is 0. The zero-order chi connectivity index (χ0) is 12.5. The van der Waals surface area contributed by atoms with Gasteiger partial charge in [-0.25, -0.2) is 0 Å². The molecule has 0 aromatic carbocycles. The topological polar surface area (TPSA) is 17.1 Å². The third kappa shape index (κ3) is 14.9. The fourth-order valence-electron chi connectivity index (χ4n) is 2.82. The molecule has 130 valence electrons. The van der Waals surface area contributed by atoms with Crippen LogP contribution < -0.4 is 0 Å². The van der Waals surface area contributed by atoms with E-state index in [-0.39, 0.29) is 45.3 Å². The molecule has 0 aromatic heterocycles. The number of rotatable bonds is 4. The summed E-state index contributed by atoms with van der Waals surface area (Å²) in [4.78, 5) is 11.3. The van der Waals surface area contributed by atoms with Crippen LogP contribution in [0.2, 0.25) is 0 Å². The Labute approximate surface area is 146 Å². The van der Waals surface area contributed by atoms with E-state index in [9.17, 15) is 4.79 Å². The third-order valence-electron chi connectivity index (χ3n) is 4.17. The van der Waals surface area contributed by atoms with E-state index in [0.29, 0.717) is 5.78 Å². The normalized spacial score (nSPS) is 16.5. The number of carbonyl (C=O) groups is 1. The van der Waals surface area contributed by atoms with E-state index in [1.165, 1.54) is 57.8 Å². The van der Waals surface area contributed by atoms with Crippen molar-refractivity contribution in [1.82, 2.24) is 0 Å². The Hall–Kier alpha value is 0.189. The Kier molecular flexibility index (Phi) is 25.4. The molecule has 2 aliphatic rings. The minimum absolute atomic E-state index is 0. The summed E-state index contributed by atoms with van der Waals surface area (Å²) in [6, 6.07) is 0. The van der Waals surface area contributed by atoms with Gasteiger partial charge in [-0.15, -0.1) is 0 Å². The van der Waals surface area contributed by atoms with E-state index in [0.717, 1.165) is 18.8 Å². The third-order valence-corrected chi connectivity index (χ3v) is 4.17. The molecule has 2 saturated carbocycles. The minimum Gasteiger partial charge on any atom is -0.358 e. The molecule has 2 fully saturated rings. The monoisotopic (exact) mass is 340 g/mol. The van der Waals surface area contributed by atoms with Crippen LogP contribution in [0.1, 0.15) is 91.9 Å². The summed E-state index contributed by atoms with van der Waals surface area (Å²) in [5, 5.41) is 0. The summed E-state index contributed by atoms with van der Waals surface area (Å²) in [7, 11) is 0. The molecule has 0 heterocycles. The van der Waals surface area contributed by atoms with E-state index < -0.39 is 0 Å². The Morgan fingerprint density at radius 1 is 0.905 bits per heavy atom. The zero-order valence-corrected chi connectivity index (χ0v) is 15.3. The Balaban J connectivity index is -0.000000140. The van der Waals surface area contributed by atoms with Gasteiger partial charge in [0.2, 0.25) is 0 Å². The average Bonchev–Trinajstić information content (AvgIpc) is 3.00. The number of ketones is 1. The molecule has 0 aromatic rings. The first-order valence-corrected chi connectivity index (χ1v) is 7.73. The second-order valence-electron chi connectivity index (χ2n) is 6.08. The molecular formula is C19H40FeO. The predicted octanol–water partition coefficient (Wildman–Crippen LogP) is 6.67. The molecule has 0 N–H and O–H groups in total. The zero-order valence-electron chi connectivity index (χ0n) is 14.2. The molecule has 0 radical (unpaired) electrons. The molecular weight excluding hydrogens is 300 g/mol. The first-order chi connectivity index (χ1) is 8.20. The van der Waals surface area contributed by atoms with Gasteiger partial charge < -0.3 is 14.9 Å². The largest absolute Gasteiger partial charge is 2.00 e. The Morgan fingerprint density at radius 2 is 1.29 bits per heavy atom. The van der Waals surface area contributed by atoms with Gasteiger partial charge in [0.1, 0.15) is 5.78 Å². The molecule has 0 bridgehead atoms. The van der Waals surface area contributed by atoms with Crippen molar-refractivity contribution in [2.75, 3.05) is 0 Å². The van der Waals surface area contributed by atoms with Crippen molar-refractivity contribution in [2.24, 2.45) is 11.8 Å². The molecule has 2 aliphatic carbocycles. The summed E-state index contributed by atoms with van der Waals surface area (Å²) in [6.45, 7) is 3.99. The van der Waals surface area contributed by atoms with E-state index in [4.69, 9.17) is 0 Å². The maximum absolute atomic E-state index is 11.3. The van der Waals surface area contributed by atoms with Gasteiger partial charge >= 0.3 is 17.1 Å². The molecule has 0 atom stereocenters. The van der Waals surface area contributed by atoms with E-state index in [1.54, 1.807) is 0 Å². The van der Waals surface area contributed by atoms with Gasteiger partial charge in [0.05, 0.1) is 0 Å². The molecule has 0 unspecified atom stereocenters. The van der Waals surface area contributed by atoms with Crippen LogP contribution in [-0.4, -0.2) is 5.78 Å². The van der Waals surface area contributed by atoms with Crippen LogP contribution in [-0.2, 0) is 21.9 Å². The number of Topliss-reactive ketones (excluding diaryl/α,β-unsaturated/α-hetero) is 1. The quantitative estimate of drug-likeness (QED) is 0.413. The second-order valence-corrected chi connectivity index (χ2v) is 6.08. The van der Waals surface area contributed by atoms with Crippen molar-refractivity contribution in [3.8, 4) is 0 Å². The summed E-state index contributed by atoms with van der Waals surface area (Å²) in [5.41, 5.74) is 0. The van der Waals surface area contributed by atoms with Gasteiger partial charge in [0, 0.05) is 12.3 Å². The second kappa shape index (κ2) is 18.2. The predicted molar refractivity (Wildman–Crippen MR) is 93.7 cm³/mol. The smallest absolute Gasteiger partial charge is 0.358 e. The standard InChI is InChI=1S/C11H20O.C5H10.CH4.2CH3.Fe/c1-9(2)11(12)8-7-10-5-3-4-6-10;1-2-4-5-3-1;;;;/h9-10H,3-8H2,1-2H3;1-5H2;1H4;2*1H3;/q;;;2*-1;+2. The maximum Gasteiger partial charge on any atom is 2.00 e. The SMILES string of the molecule is C.C1CCCC1.CC(C)C(=O)CCC1CCCC1.[CH3-].[CH3-].[Fe+2]. The van der Waals surface area contributed by atoms with Crippen molar-refractivity contribution in [1.29, 1.82) is 0 Å². The van der Waals surface area contributed by atoms with Crippen molar-refractivity contribution in [3.05, 3.63) is 14.9 Å². The molecule has 2 heteroatoms. The van der Waals surface area contributed by atoms with E-state index in [1.807, 2.05) is 13.8 Å². The van der Waals surface area contributed by atoms with Crippen molar-refractivity contribution in [2.45, 2.75) is 91.9 Å². The molecule has 0 amide bonds. The molecule has 2 rings (SSSR count). The van der Waals surface area contributed by atoms with Gasteiger partial charge in [0.25, 0.3) is 0 Å². The van der Waals surface area contributed by atoms with Gasteiger partial charge in [-0.3, -0.25) is 4.79 Å². The summed E-state index contributed by atoms with van der Waals surface area (Å²) >= 11 is 0. The van der Waals surface area contributed by atoms with Gasteiger partial charge in [-0.2, -0.15) is 0 Å². The van der Waals surface area contributed by atoms with Gasteiger partial charge in [0.15, 0.2) is 0 Å². The van der Waals surface area contributed by atoms with Crippen molar-refractivity contribution in [3.63, 3.8) is 0 Å². The Morgan fingerprint density at radius 3 is 1.62 bits per heavy atom. The van der Waals surface area contributed by atoms with Crippen LogP contribution in [0.3, 0.4) is 0 Å². The van der Waals surface area contributed by atoms with Crippen molar-refractivity contribution < 1.29 is 21.9 Å². The fourth-order valence-corrected chi connectivity index (χ4v) is 2.82. The van der Waals surface area contributed by atoms with Crippen LogP contribution in [0.25, 0.3) is 0 Å². The molecule has 0 aliphatic heterocycles. The van der Waals surface area contributed by atoms with Crippen LogP contribution in [0.4, 0.5) is 0 Å². The van der Waals surface area contributed by atoms with E-state index >= 15 is 0 Å². The number of hydrogen-bond donors (Lipinski definition) is 0. The number of hydrogen-bond acceptors (Lipinski definition) is 1. The average molecular weight is 340 g/mol. The first kappa shape index (κ1) is 29.2. The first-order valence-electron chi connectivity index (χ1n) is 7.73. The van der Waals surface area contributed by atoms with Crippen LogP contribution in [0.15, 0.2) is 0 Å². The minimum atomic E-state index is 0. The fraction of sp³-hybridized carbons (Fsp3) is 0.842. The van der Waals surface area contributed by atoms with Crippen molar-refractivity contribution >= 4 is 5.78 Å². The van der Waals surface area contributed by atoms with Gasteiger partial charge in [-0.1, -0.05) is 79.1 Å². The van der Waals surface area contributed by atoms with E-state index in [2.05, 4.69) is 0 Å². The van der Waals surface area contributed by atoms with Crippen LogP contribution >= 0.6 is 0 Å². The maximum atomic E-state index is 11.3. The van der Waals surface area contributed by atoms with Crippen LogP contribution in [0, 0.1) is 26.7 Å².